The van der Waals surface area contributed by atoms with E-state index < -0.39 is 14.1 Å². The van der Waals surface area contributed by atoms with Crippen LogP contribution in [0.4, 0.5) is 5.69 Å². The molecule has 1 aliphatic carbocycles. The van der Waals surface area contributed by atoms with Gasteiger partial charge in [-0.25, -0.2) is 4.79 Å². The Morgan fingerprint density at radius 3 is 2.47 bits per heavy atom. The first-order chi connectivity index (χ1) is 15.2. The van der Waals surface area contributed by atoms with Crippen LogP contribution in [0.15, 0.2) is 77.5 Å². The van der Waals surface area contributed by atoms with Crippen LogP contribution in [0.1, 0.15) is 31.4 Å². The highest BCUT2D eigenvalue weighted by atomic mass is 28.3. The quantitative estimate of drug-likeness (QED) is 0.502. The number of anilines is 1. The van der Waals surface area contributed by atoms with Crippen molar-refractivity contribution in [2.75, 3.05) is 5.73 Å². The molecule has 0 unspecified atom stereocenters. The number of carbonyl (C=O) groups is 1. The number of amides is 1. The maximum Gasteiger partial charge on any atom is 0.402 e. The highest BCUT2D eigenvalue weighted by Crippen LogP contribution is 2.41. The van der Waals surface area contributed by atoms with Crippen LogP contribution in [0.3, 0.4) is 0 Å². The first-order valence-corrected chi connectivity index (χ1v) is 14.2. The molecule has 32 heavy (non-hydrogen) atoms. The van der Waals surface area contributed by atoms with Gasteiger partial charge in [0.05, 0.1) is 0 Å². The maximum atomic E-state index is 12.7. The lowest BCUT2D eigenvalue weighted by Crippen LogP contribution is -2.81. The lowest BCUT2D eigenvalue weighted by atomic mass is 9.90. The summed E-state index contributed by atoms with van der Waals surface area (Å²) in [5.74, 6) is 0.237. The number of allylic oxidation sites excluding steroid dienone is 5. The van der Waals surface area contributed by atoms with Gasteiger partial charge in [0.1, 0.15) is 14.1 Å². The molecule has 4 nitrogen and oxygen atoms in total. The molecule has 0 aromatic heterocycles. The van der Waals surface area contributed by atoms with Crippen molar-refractivity contribution in [3.05, 3.63) is 88.7 Å². The molecule has 0 saturated heterocycles. The smallest absolute Gasteiger partial charge is 0.399 e. The normalized spacial score (nSPS) is 18.9. The molecule has 0 saturated carbocycles. The first kappa shape index (κ1) is 22.2. The van der Waals surface area contributed by atoms with Crippen LogP contribution in [-0.4, -0.2) is 25.7 Å². The zero-order chi connectivity index (χ0) is 23.0. The Kier molecular flexibility index (Phi) is 5.88. The van der Waals surface area contributed by atoms with Gasteiger partial charge in [0.25, 0.3) is 0 Å². The Labute approximate surface area is 191 Å². The van der Waals surface area contributed by atoms with Crippen LogP contribution >= 0.6 is 0 Å². The van der Waals surface area contributed by atoms with Crippen LogP contribution in [0.25, 0.3) is 5.57 Å². The van der Waals surface area contributed by atoms with Crippen LogP contribution in [0.5, 0.6) is 0 Å². The fraction of sp³-hybridized carbons (Fsp3) is 0.259. The van der Waals surface area contributed by atoms with E-state index in [-0.39, 0.29) is 5.91 Å². The summed E-state index contributed by atoms with van der Waals surface area (Å²) in [5, 5.41) is 2.62. The minimum atomic E-state index is -2.06. The molecule has 2 aromatic carbocycles. The highest BCUT2D eigenvalue weighted by Gasteiger charge is 2.40. The summed E-state index contributed by atoms with van der Waals surface area (Å²) in [6, 6.07) is 16.3. The van der Waals surface area contributed by atoms with Crippen molar-refractivity contribution in [2.45, 2.75) is 39.4 Å². The number of benzene rings is 2. The largest absolute Gasteiger partial charge is 0.402 e. The summed E-state index contributed by atoms with van der Waals surface area (Å²) in [6.45, 7) is 8.85. The molecular weight excluding hydrogens is 410 g/mol. The van der Waals surface area contributed by atoms with Crippen LogP contribution in [0, 0.1) is 5.92 Å². The number of hydrogen-bond acceptors (Lipinski definition) is 3. The lowest BCUT2D eigenvalue weighted by Gasteiger charge is -2.37. The van der Waals surface area contributed by atoms with Gasteiger partial charge >= 0.3 is 5.91 Å². The summed E-state index contributed by atoms with van der Waals surface area (Å²) >= 11 is 0. The molecule has 1 atom stereocenters. The van der Waals surface area contributed by atoms with Crippen molar-refractivity contribution in [1.82, 2.24) is 0 Å². The minimum Gasteiger partial charge on any atom is -0.399 e. The molecule has 1 aliphatic heterocycles. The molecule has 0 radical (unpaired) electrons. The van der Waals surface area contributed by atoms with Crippen LogP contribution in [-0.2, 0) is 4.79 Å². The fourth-order valence-electron chi connectivity index (χ4n) is 4.71. The molecule has 0 spiro atoms. The Balaban J connectivity index is 1.87. The van der Waals surface area contributed by atoms with E-state index in [1.54, 1.807) is 0 Å². The molecule has 0 bridgehead atoms. The predicted octanol–water partition coefficient (Wildman–Crippen LogP) is 2.46. The number of hydrogen-bond donors (Lipinski definition) is 3. The van der Waals surface area contributed by atoms with Crippen LogP contribution < -0.4 is 21.6 Å². The van der Waals surface area contributed by atoms with Crippen molar-refractivity contribution in [1.29, 1.82) is 0 Å². The van der Waals surface area contributed by atoms with Gasteiger partial charge in [0.15, 0.2) is 0 Å². The fourth-order valence-corrected chi connectivity index (χ4v) is 7.81. The van der Waals surface area contributed by atoms with E-state index in [0.717, 1.165) is 11.4 Å². The average molecular weight is 443 g/mol. The second-order valence-electron chi connectivity index (χ2n) is 9.66. The second-order valence-corrected chi connectivity index (χ2v) is 14.0. The molecule has 5 heteroatoms. The van der Waals surface area contributed by atoms with Gasteiger partial charge in [-0.3, -0.25) is 0 Å². The number of nitrogen functional groups attached to an aromatic ring is 1. The molecule has 4 rings (SSSR count). The Morgan fingerprint density at radius 2 is 1.78 bits per heavy atom. The number of carbonyl (C=O) groups excluding carboxylic acids is 1. The van der Waals surface area contributed by atoms with Gasteiger partial charge in [0.2, 0.25) is 5.71 Å². The summed E-state index contributed by atoms with van der Waals surface area (Å²) in [5.41, 5.74) is 18.8. The number of fused-ring (bicyclic) bond motifs is 2. The van der Waals surface area contributed by atoms with E-state index in [0.29, 0.717) is 12.3 Å². The number of rotatable bonds is 4. The summed E-state index contributed by atoms with van der Waals surface area (Å²) in [6.07, 6.45) is 6.95. The monoisotopic (exact) mass is 442 g/mol. The first-order valence-electron chi connectivity index (χ1n) is 11.2. The molecule has 2 aliphatic rings. The SMILES string of the molecule is CC(C)C[C@@H](N)C(=O)[NH+]=C1C=CC2=C(c3ccccc3)c3ccc(N)cc3[Si](C)(C)C2=C1. The summed E-state index contributed by atoms with van der Waals surface area (Å²) in [4.78, 5) is 15.7. The van der Waals surface area contributed by atoms with Gasteiger partial charge in [-0.1, -0.05) is 63.3 Å². The Bertz CT molecular complexity index is 1190. The number of nitrogens with two attached hydrogens (primary N) is 2. The van der Waals surface area contributed by atoms with E-state index in [1.165, 1.54) is 32.7 Å². The topological polar surface area (TPSA) is 83.1 Å². The summed E-state index contributed by atoms with van der Waals surface area (Å²) in [7, 11) is -2.06. The molecule has 164 valence electrons. The third-order valence-electron chi connectivity index (χ3n) is 6.34. The van der Waals surface area contributed by atoms with Gasteiger partial charge < -0.3 is 11.5 Å². The zero-order valence-corrected chi connectivity index (χ0v) is 20.3. The lowest BCUT2D eigenvalue weighted by molar-refractivity contribution is -0.377. The van der Waals surface area contributed by atoms with Crippen molar-refractivity contribution in [3.63, 3.8) is 0 Å². The highest BCUT2D eigenvalue weighted by molar-refractivity contribution is 6.98. The molecule has 1 heterocycles. The van der Waals surface area contributed by atoms with Gasteiger partial charge in [0, 0.05) is 17.8 Å². The molecule has 1 amide bonds. The zero-order valence-electron chi connectivity index (χ0n) is 19.3. The van der Waals surface area contributed by atoms with Gasteiger partial charge in [-0.15, -0.1) is 0 Å². The van der Waals surface area contributed by atoms with Crippen molar-refractivity contribution >= 4 is 36.1 Å². The van der Waals surface area contributed by atoms with Crippen molar-refractivity contribution in [3.8, 4) is 0 Å². The van der Waals surface area contributed by atoms with E-state index in [2.05, 4.69) is 80.5 Å². The Morgan fingerprint density at radius 1 is 1.06 bits per heavy atom. The average Bonchev–Trinajstić information content (AvgIpc) is 2.75. The van der Waals surface area contributed by atoms with E-state index in [4.69, 9.17) is 11.5 Å². The maximum absolute atomic E-state index is 12.7. The summed E-state index contributed by atoms with van der Waals surface area (Å²) < 4.78 is 0. The van der Waals surface area contributed by atoms with E-state index in [9.17, 15) is 4.79 Å². The third-order valence-corrected chi connectivity index (χ3v) is 9.86. The van der Waals surface area contributed by atoms with E-state index >= 15 is 0 Å². The third kappa shape index (κ3) is 4.06. The Hall–Kier alpha value is -3.02. The van der Waals surface area contributed by atoms with E-state index in [1.807, 2.05) is 18.2 Å². The minimum absolute atomic E-state index is 0.133. The molecule has 2 aromatic rings. The second kappa shape index (κ2) is 8.49. The van der Waals surface area contributed by atoms with Gasteiger partial charge in [-0.05, 0) is 63.2 Å². The molecular formula is C27H32N3OSi+. The number of nitrogens with one attached hydrogen (secondary N) is 1. The van der Waals surface area contributed by atoms with Crippen molar-refractivity contribution in [2.24, 2.45) is 11.7 Å². The predicted molar refractivity (Wildman–Crippen MR) is 136 cm³/mol. The molecule has 0 fully saturated rings. The van der Waals surface area contributed by atoms with Crippen molar-refractivity contribution < 1.29 is 9.79 Å². The molecule has 5 N–H and O–H groups in total. The van der Waals surface area contributed by atoms with Gasteiger partial charge in [-0.2, -0.15) is 4.99 Å². The van der Waals surface area contributed by atoms with Crippen LogP contribution in [0.2, 0.25) is 13.1 Å². The standard InChI is InChI=1S/C27H31N3OSi/c1-17(2)14-23(29)27(31)30-20-11-13-22-25(16-20)32(3,4)24-15-19(28)10-12-21(24)26(22)18-8-6-5-7-9-18/h5-13,15-17,23H,14,28-29H2,1-4H3/p+1/t23-/m1/s1.